The Morgan fingerprint density at radius 3 is 2.45 bits per heavy atom. The molecular weight excluding hydrogens is 480 g/mol. The van der Waals surface area contributed by atoms with E-state index in [1.54, 1.807) is 37.4 Å². The molecule has 7 nitrogen and oxygen atoms in total. The Bertz CT molecular complexity index is 1570. The van der Waals surface area contributed by atoms with Crippen LogP contribution in [0.15, 0.2) is 84.4 Å². The lowest BCUT2D eigenvalue weighted by atomic mass is 10.0. The van der Waals surface area contributed by atoms with Crippen LogP contribution in [0.2, 0.25) is 0 Å². The molecule has 0 spiro atoms. The monoisotopic (exact) mass is 506 g/mol. The lowest BCUT2D eigenvalue weighted by Crippen LogP contribution is -2.13. The van der Waals surface area contributed by atoms with E-state index in [1.165, 1.54) is 25.3 Å². The number of hydrogen-bond acceptors (Lipinski definition) is 6. The Balaban J connectivity index is 1.60. The Morgan fingerprint density at radius 2 is 1.74 bits per heavy atom. The van der Waals surface area contributed by atoms with Crippen molar-refractivity contribution in [2.24, 2.45) is 0 Å². The zero-order chi connectivity index (χ0) is 27.1. The van der Waals surface area contributed by atoms with E-state index in [0.717, 1.165) is 21.9 Å². The van der Waals surface area contributed by atoms with E-state index in [1.807, 2.05) is 25.1 Å². The summed E-state index contributed by atoms with van der Waals surface area (Å²) in [7, 11) is 2.85. The van der Waals surface area contributed by atoms with Gasteiger partial charge in [0.1, 0.15) is 29.7 Å². The maximum Gasteiger partial charge on any atom is 0.337 e. The number of ether oxygens (including phenoxy) is 3. The molecule has 7 heteroatoms. The van der Waals surface area contributed by atoms with Crippen molar-refractivity contribution in [2.75, 3.05) is 19.5 Å². The molecule has 0 saturated heterocycles. The van der Waals surface area contributed by atoms with Gasteiger partial charge in [0, 0.05) is 22.9 Å². The zero-order valence-electron chi connectivity index (χ0n) is 21.3. The van der Waals surface area contributed by atoms with Crippen LogP contribution in [-0.4, -0.2) is 26.1 Å². The minimum atomic E-state index is -0.593. The summed E-state index contributed by atoms with van der Waals surface area (Å²) in [5.41, 5.74) is 3.37. The average molecular weight is 507 g/mol. The molecule has 0 bridgehead atoms. The summed E-state index contributed by atoms with van der Waals surface area (Å²) in [4.78, 5) is 24.5. The maximum absolute atomic E-state index is 12.9. The van der Waals surface area contributed by atoms with E-state index in [-0.39, 0.29) is 5.57 Å². The minimum absolute atomic E-state index is 0.113. The number of benzene rings is 4. The van der Waals surface area contributed by atoms with Gasteiger partial charge in [0.05, 0.1) is 19.8 Å². The summed E-state index contributed by atoms with van der Waals surface area (Å²) in [6, 6.07) is 25.6. The van der Waals surface area contributed by atoms with Crippen LogP contribution in [0.4, 0.5) is 5.69 Å². The van der Waals surface area contributed by atoms with Crippen LogP contribution in [-0.2, 0) is 16.1 Å². The molecule has 0 unspecified atom stereocenters. The molecule has 0 aliphatic carbocycles. The topological polar surface area (TPSA) is 97.7 Å². The van der Waals surface area contributed by atoms with Crippen LogP contribution in [0.1, 0.15) is 27.0 Å². The summed E-state index contributed by atoms with van der Waals surface area (Å²) >= 11 is 0. The van der Waals surface area contributed by atoms with Gasteiger partial charge in [0.15, 0.2) is 0 Å². The standard InChI is InChI=1S/C31H26N2O5/c1-20-8-9-21-6-4-5-7-27(21)28(20)19-38-29-17-26(36-2)15-12-23(29)16-24(18-32)30(34)33-25-13-10-22(11-14-25)31(35)37-3/h4-17H,19H2,1-3H3,(H,33,34)/b24-16+. The van der Waals surface area contributed by atoms with Crippen LogP contribution in [0.3, 0.4) is 0 Å². The molecule has 0 aliphatic heterocycles. The summed E-state index contributed by atoms with van der Waals surface area (Å²) in [5, 5.41) is 14.6. The molecule has 190 valence electrons. The van der Waals surface area contributed by atoms with E-state index < -0.39 is 11.9 Å². The number of anilines is 1. The van der Waals surface area contributed by atoms with Crippen LogP contribution in [0, 0.1) is 18.3 Å². The average Bonchev–Trinajstić information content (AvgIpc) is 2.95. The minimum Gasteiger partial charge on any atom is -0.497 e. The fourth-order valence-corrected chi connectivity index (χ4v) is 3.98. The molecule has 0 aromatic heterocycles. The van der Waals surface area contributed by atoms with Crippen LogP contribution < -0.4 is 14.8 Å². The second kappa shape index (κ2) is 11.8. The van der Waals surface area contributed by atoms with Gasteiger partial charge < -0.3 is 19.5 Å². The van der Waals surface area contributed by atoms with Gasteiger partial charge in [-0.2, -0.15) is 5.26 Å². The molecule has 0 heterocycles. The molecule has 4 aromatic carbocycles. The quantitative estimate of drug-likeness (QED) is 0.177. The Hall–Kier alpha value is -5.09. The molecule has 38 heavy (non-hydrogen) atoms. The fraction of sp³-hybridized carbons (Fsp3) is 0.129. The van der Waals surface area contributed by atoms with E-state index in [9.17, 15) is 14.9 Å². The highest BCUT2D eigenvalue weighted by Gasteiger charge is 2.14. The third-order valence-corrected chi connectivity index (χ3v) is 6.10. The van der Waals surface area contributed by atoms with E-state index in [2.05, 4.69) is 34.3 Å². The number of nitrogens with zero attached hydrogens (tertiary/aromatic N) is 1. The van der Waals surface area contributed by atoms with Gasteiger partial charge in [0.25, 0.3) is 5.91 Å². The zero-order valence-corrected chi connectivity index (χ0v) is 21.3. The van der Waals surface area contributed by atoms with Gasteiger partial charge in [-0.25, -0.2) is 4.79 Å². The van der Waals surface area contributed by atoms with Crippen molar-refractivity contribution in [3.05, 3.63) is 107 Å². The maximum atomic E-state index is 12.9. The van der Waals surface area contributed by atoms with E-state index in [0.29, 0.717) is 34.9 Å². The van der Waals surface area contributed by atoms with Gasteiger partial charge in [0.2, 0.25) is 0 Å². The largest absolute Gasteiger partial charge is 0.497 e. The first kappa shape index (κ1) is 26.0. The van der Waals surface area contributed by atoms with E-state index in [4.69, 9.17) is 9.47 Å². The molecule has 0 radical (unpaired) electrons. The summed E-state index contributed by atoms with van der Waals surface area (Å²) < 4.78 is 16.3. The molecule has 4 rings (SSSR count). The number of carbonyl (C=O) groups is 2. The number of esters is 1. The van der Waals surface area contributed by atoms with Crippen molar-refractivity contribution in [3.63, 3.8) is 0 Å². The number of aryl methyl sites for hydroxylation is 1. The highest BCUT2D eigenvalue weighted by atomic mass is 16.5. The normalized spacial score (nSPS) is 10.9. The predicted octanol–water partition coefficient (Wildman–Crippen LogP) is 6.07. The Labute approximate surface area is 220 Å². The van der Waals surface area contributed by atoms with Gasteiger partial charge in [-0.1, -0.05) is 36.4 Å². The number of nitrogens with one attached hydrogen (secondary N) is 1. The Kier molecular flexibility index (Phi) is 8.04. The third kappa shape index (κ3) is 5.82. The number of carbonyl (C=O) groups excluding carboxylic acids is 2. The molecule has 4 aromatic rings. The van der Waals surface area contributed by atoms with Crippen molar-refractivity contribution in [1.82, 2.24) is 0 Å². The lowest BCUT2D eigenvalue weighted by Gasteiger charge is -2.15. The molecule has 0 fully saturated rings. The van der Waals surface area contributed by atoms with Crippen molar-refractivity contribution >= 4 is 34.4 Å². The van der Waals surface area contributed by atoms with Crippen LogP contribution in [0.25, 0.3) is 16.8 Å². The fourth-order valence-electron chi connectivity index (χ4n) is 3.98. The predicted molar refractivity (Wildman–Crippen MR) is 146 cm³/mol. The molecule has 1 N–H and O–H groups in total. The van der Waals surface area contributed by atoms with Crippen molar-refractivity contribution < 1.29 is 23.8 Å². The lowest BCUT2D eigenvalue weighted by molar-refractivity contribution is -0.112. The van der Waals surface area contributed by atoms with Crippen LogP contribution in [0.5, 0.6) is 11.5 Å². The smallest absolute Gasteiger partial charge is 0.337 e. The molecular formula is C31H26N2O5. The van der Waals surface area contributed by atoms with Crippen molar-refractivity contribution in [2.45, 2.75) is 13.5 Å². The van der Waals surface area contributed by atoms with Gasteiger partial charge >= 0.3 is 5.97 Å². The van der Waals surface area contributed by atoms with Gasteiger partial charge in [-0.05, 0) is 65.7 Å². The first-order chi connectivity index (χ1) is 18.4. The molecule has 0 atom stereocenters. The SMILES string of the molecule is COC(=O)c1ccc(NC(=O)/C(C#N)=C/c2ccc(OC)cc2OCc2c(C)ccc3ccccc23)cc1. The highest BCUT2D eigenvalue weighted by molar-refractivity contribution is 6.10. The molecule has 1 amide bonds. The number of rotatable bonds is 8. The van der Waals surface area contributed by atoms with E-state index >= 15 is 0 Å². The van der Waals surface area contributed by atoms with Crippen LogP contribution >= 0.6 is 0 Å². The highest BCUT2D eigenvalue weighted by Crippen LogP contribution is 2.30. The second-order valence-electron chi connectivity index (χ2n) is 8.47. The number of nitriles is 1. The Morgan fingerprint density at radius 1 is 0.974 bits per heavy atom. The number of methoxy groups -OCH3 is 2. The molecule has 0 aliphatic rings. The van der Waals surface area contributed by atoms with Gasteiger partial charge in [-0.3, -0.25) is 4.79 Å². The molecule has 0 saturated carbocycles. The number of fused-ring (bicyclic) bond motifs is 1. The third-order valence-electron chi connectivity index (χ3n) is 6.10. The first-order valence-corrected chi connectivity index (χ1v) is 11.8. The summed E-state index contributed by atoms with van der Waals surface area (Å²) in [6.45, 7) is 2.33. The summed E-state index contributed by atoms with van der Waals surface area (Å²) in [5.74, 6) is -0.0173. The number of amides is 1. The second-order valence-corrected chi connectivity index (χ2v) is 8.47. The number of hydrogen-bond donors (Lipinski definition) is 1. The summed E-state index contributed by atoms with van der Waals surface area (Å²) in [6.07, 6.45) is 1.48. The van der Waals surface area contributed by atoms with Crippen molar-refractivity contribution in [3.8, 4) is 17.6 Å². The van der Waals surface area contributed by atoms with Gasteiger partial charge in [-0.15, -0.1) is 0 Å². The first-order valence-electron chi connectivity index (χ1n) is 11.8. The van der Waals surface area contributed by atoms with Crippen molar-refractivity contribution in [1.29, 1.82) is 5.26 Å².